The van der Waals surface area contributed by atoms with Gasteiger partial charge >= 0.3 is 0 Å². The van der Waals surface area contributed by atoms with E-state index in [1.807, 2.05) is 19.1 Å². The van der Waals surface area contributed by atoms with Crippen molar-refractivity contribution in [3.63, 3.8) is 0 Å². The van der Waals surface area contributed by atoms with Crippen LogP contribution in [-0.4, -0.2) is 11.6 Å². The van der Waals surface area contributed by atoms with E-state index in [2.05, 4.69) is 4.98 Å². The average Bonchev–Trinajstić information content (AvgIpc) is 2.38. The average molecular weight is 275 g/mol. The third-order valence-electron chi connectivity index (χ3n) is 3.32. The molecule has 0 spiro atoms. The zero-order valence-electron chi connectivity index (χ0n) is 10.3. The summed E-state index contributed by atoms with van der Waals surface area (Å²) >= 11 is 0. The first-order chi connectivity index (χ1) is 9.00. The van der Waals surface area contributed by atoms with Crippen molar-refractivity contribution >= 4 is 0 Å². The number of rotatable bonds is 3. The van der Waals surface area contributed by atoms with Crippen molar-refractivity contribution in [2.75, 3.05) is 6.61 Å². The van der Waals surface area contributed by atoms with Gasteiger partial charge < -0.3 is 4.74 Å². The Morgan fingerprint density at radius 3 is 2.26 bits per heavy atom. The highest BCUT2D eigenvalue weighted by molar-refractivity contribution is 5.24. The Balaban J connectivity index is 2.13. The fraction of sp³-hybridized carbons (Fsp3) is 0.462. The van der Waals surface area contributed by atoms with Crippen LogP contribution in [0.4, 0.5) is 17.6 Å². The Bertz CT molecular complexity index is 478. The van der Waals surface area contributed by atoms with E-state index < -0.39 is 29.3 Å². The Morgan fingerprint density at radius 2 is 1.68 bits per heavy atom. The smallest absolute Gasteiger partial charge is 0.255 e. The van der Waals surface area contributed by atoms with Crippen LogP contribution in [-0.2, 0) is 0 Å². The molecule has 2 nitrogen and oxygen atoms in total. The molecular formula is C13H13F4NO. The van der Waals surface area contributed by atoms with Gasteiger partial charge in [0.25, 0.3) is 11.9 Å². The maximum absolute atomic E-state index is 13.3. The molecule has 0 saturated heterocycles. The van der Waals surface area contributed by atoms with E-state index in [-0.39, 0.29) is 18.4 Å². The Kier molecular flexibility index (Phi) is 4.07. The van der Waals surface area contributed by atoms with Gasteiger partial charge in [0.1, 0.15) is 0 Å². The number of aromatic nitrogens is 1. The van der Waals surface area contributed by atoms with Crippen molar-refractivity contribution in [1.29, 1.82) is 0 Å². The van der Waals surface area contributed by atoms with E-state index in [0.29, 0.717) is 6.42 Å². The molecule has 2 atom stereocenters. The van der Waals surface area contributed by atoms with Crippen LogP contribution < -0.4 is 4.74 Å². The lowest BCUT2D eigenvalue weighted by atomic mass is 9.85. The van der Waals surface area contributed by atoms with Crippen LogP contribution in [0.3, 0.4) is 0 Å². The highest BCUT2D eigenvalue weighted by atomic mass is 19.2. The molecule has 19 heavy (non-hydrogen) atoms. The molecule has 0 radical (unpaired) electrons. The summed E-state index contributed by atoms with van der Waals surface area (Å²) in [6.45, 7) is 1.99. The molecule has 1 heterocycles. The van der Waals surface area contributed by atoms with Gasteiger partial charge in [-0.1, -0.05) is 19.1 Å². The molecule has 0 aliphatic heterocycles. The summed E-state index contributed by atoms with van der Waals surface area (Å²) in [6.07, 6.45) is 5.53. The van der Waals surface area contributed by atoms with Crippen LogP contribution in [0.1, 0.15) is 19.8 Å². The van der Waals surface area contributed by atoms with E-state index in [1.54, 1.807) is 0 Å². The third kappa shape index (κ3) is 2.88. The maximum Gasteiger partial charge on any atom is 0.255 e. The van der Waals surface area contributed by atoms with Crippen molar-refractivity contribution in [3.05, 3.63) is 35.7 Å². The van der Waals surface area contributed by atoms with Crippen LogP contribution >= 0.6 is 0 Å². The zero-order chi connectivity index (χ0) is 14.0. The summed E-state index contributed by atoms with van der Waals surface area (Å²) in [4.78, 5) is 2.47. The Labute approximate surface area is 108 Å². The van der Waals surface area contributed by atoms with Gasteiger partial charge in [-0.2, -0.15) is 22.5 Å². The lowest BCUT2D eigenvalue weighted by Crippen LogP contribution is -2.22. The molecule has 104 valence electrons. The molecular weight excluding hydrogens is 262 g/mol. The molecule has 2 rings (SSSR count). The van der Waals surface area contributed by atoms with Crippen molar-refractivity contribution in [1.82, 2.24) is 4.98 Å². The van der Waals surface area contributed by atoms with Gasteiger partial charge in [0.15, 0.2) is 5.75 Å². The topological polar surface area (TPSA) is 22.1 Å². The largest absolute Gasteiger partial charge is 0.487 e. The molecule has 1 aliphatic rings. The second-order valence-corrected chi connectivity index (χ2v) is 4.64. The first-order valence-corrected chi connectivity index (χ1v) is 5.98. The molecule has 0 amide bonds. The normalized spacial score (nSPS) is 22.6. The number of nitrogens with zero attached hydrogens (tertiary/aromatic N) is 1. The van der Waals surface area contributed by atoms with Crippen molar-refractivity contribution in [2.45, 2.75) is 19.8 Å². The summed E-state index contributed by atoms with van der Waals surface area (Å²) < 4.78 is 57.3. The monoisotopic (exact) mass is 275 g/mol. The molecule has 1 aromatic rings. The van der Waals surface area contributed by atoms with Crippen molar-refractivity contribution in [2.24, 2.45) is 11.8 Å². The lowest BCUT2D eigenvalue weighted by Gasteiger charge is -2.25. The van der Waals surface area contributed by atoms with Gasteiger partial charge in [-0.15, -0.1) is 0 Å². The predicted octanol–water partition coefficient (Wildman–Crippen LogP) is 3.62. The SMILES string of the molecule is CC1CC=CCC1COc1c(F)c(F)nc(F)c1F. The summed E-state index contributed by atoms with van der Waals surface area (Å²) in [6, 6.07) is 0. The molecule has 0 fully saturated rings. The van der Waals surface area contributed by atoms with Gasteiger partial charge in [-0.05, 0) is 24.7 Å². The van der Waals surface area contributed by atoms with E-state index >= 15 is 0 Å². The quantitative estimate of drug-likeness (QED) is 0.477. The third-order valence-corrected chi connectivity index (χ3v) is 3.32. The van der Waals surface area contributed by atoms with E-state index in [0.717, 1.165) is 6.42 Å². The van der Waals surface area contributed by atoms with Crippen molar-refractivity contribution < 1.29 is 22.3 Å². The standard InChI is InChI=1S/C13H13F4NO/c1-7-4-2-3-5-8(7)6-19-11-9(14)12(16)18-13(17)10(11)15/h2-3,7-8H,4-6H2,1H3. The van der Waals surface area contributed by atoms with E-state index in [9.17, 15) is 17.6 Å². The van der Waals surface area contributed by atoms with Gasteiger partial charge in [-0.3, -0.25) is 0 Å². The second kappa shape index (κ2) is 5.59. The summed E-state index contributed by atoms with van der Waals surface area (Å²) in [5.41, 5.74) is 0. The van der Waals surface area contributed by atoms with Gasteiger partial charge in [0, 0.05) is 0 Å². The molecule has 1 aliphatic carbocycles. The van der Waals surface area contributed by atoms with E-state index in [4.69, 9.17) is 4.74 Å². The molecule has 0 aromatic carbocycles. The van der Waals surface area contributed by atoms with Crippen LogP contribution in [0.2, 0.25) is 0 Å². The van der Waals surface area contributed by atoms with Crippen LogP contribution in [0.5, 0.6) is 5.75 Å². The molecule has 1 aromatic heterocycles. The number of allylic oxidation sites excluding steroid dienone is 2. The van der Waals surface area contributed by atoms with Gasteiger partial charge in [0.05, 0.1) is 6.61 Å². The Morgan fingerprint density at radius 1 is 1.11 bits per heavy atom. The van der Waals surface area contributed by atoms with Crippen LogP contribution in [0, 0.1) is 35.4 Å². The number of ether oxygens (including phenoxy) is 1. The molecule has 0 bridgehead atoms. The number of halogens is 4. The highest BCUT2D eigenvalue weighted by Crippen LogP contribution is 2.29. The number of hydrogen-bond acceptors (Lipinski definition) is 2. The summed E-state index contributed by atoms with van der Waals surface area (Å²) in [7, 11) is 0. The van der Waals surface area contributed by atoms with E-state index in [1.165, 1.54) is 0 Å². The van der Waals surface area contributed by atoms with Crippen LogP contribution in [0.15, 0.2) is 12.2 Å². The molecule has 2 unspecified atom stereocenters. The fourth-order valence-corrected chi connectivity index (χ4v) is 2.02. The highest BCUT2D eigenvalue weighted by Gasteiger charge is 2.25. The minimum atomic E-state index is -1.70. The Hall–Kier alpha value is -1.59. The summed E-state index contributed by atoms with van der Waals surface area (Å²) in [5.74, 6) is -7.30. The number of pyridine rings is 1. The minimum Gasteiger partial charge on any atom is -0.487 e. The molecule has 0 N–H and O–H groups in total. The first kappa shape index (κ1) is 13.8. The zero-order valence-corrected chi connectivity index (χ0v) is 10.3. The molecule has 6 heteroatoms. The second-order valence-electron chi connectivity index (χ2n) is 4.64. The maximum atomic E-state index is 13.3. The summed E-state index contributed by atoms with van der Waals surface area (Å²) in [5, 5.41) is 0. The van der Waals surface area contributed by atoms with Crippen molar-refractivity contribution in [3.8, 4) is 5.75 Å². The molecule has 0 saturated carbocycles. The van der Waals surface area contributed by atoms with Gasteiger partial charge in [0.2, 0.25) is 11.6 Å². The first-order valence-electron chi connectivity index (χ1n) is 5.98. The lowest BCUT2D eigenvalue weighted by molar-refractivity contribution is 0.180. The predicted molar refractivity (Wildman–Crippen MR) is 60.6 cm³/mol. The number of hydrogen-bond donors (Lipinski definition) is 0. The minimum absolute atomic E-state index is 0.00222. The van der Waals surface area contributed by atoms with Crippen LogP contribution in [0.25, 0.3) is 0 Å². The fourth-order valence-electron chi connectivity index (χ4n) is 2.02. The van der Waals surface area contributed by atoms with Gasteiger partial charge in [-0.25, -0.2) is 0 Å².